The lowest BCUT2D eigenvalue weighted by molar-refractivity contribution is 0.200. The molecule has 0 spiro atoms. The van der Waals surface area contributed by atoms with E-state index in [9.17, 15) is 0 Å². The van der Waals surface area contributed by atoms with Gasteiger partial charge in [0.2, 0.25) is 0 Å². The van der Waals surface area contributed by atoms with Crippen LogP contribution >= 0.6 is 0 Å². The summed E-state index contributed by atoms with van der Waals surface area (Å²) in [6.45, 7) is 19.0. The molecule has 0 saturated heterocycles. The molecule has 28 heavy (non-hydrogen) atoms. The van der Waals surface area contributed by atoms with E-state index in [0.717, 1.165) is 53.1 Å². The predicted molar refractivity (Wildman–Crippen MR) is 125 cm³/mol. The summed E-state index contributed by atoms with van der Waals surface area (Å²) in [4.78, 5) is 0. The smallest absolute Gasteiger partial charge is 0.298 e. The third-order valence-corrected chi connectivity index (χ3v) is 16.4. The monoisotopic (exact) mass is 424 g/mol. The topological polar surface area (TPSA) is 18.5 Å². The van der Waals surface area contributed by atoms with Gasteiger partial charge in [-0.3, -0.25) is 0 Å². The molecule has 0 amide bonds. The predicted octanol–water partition coefficient (Wildman–Crippen LogP) is 8.20. The largest absolute Gasteiger partial charge is 0.517 e. The average Bonchev–Trinajstić information content (AvgIpc) is 2.69. The number of benzene rings is 1. The quantitative estimate of drug-likeness (QED) is 0.263. The summed E-state index contributed by atoms with van der Waals surface area (Å²) in [6, 6.07) is 9.67. The minimum atomic E-state index is -2.24. The highest BCUT2D eigenvalue weighted by molar-refractivity contribution is 6.85. The second-order valence-electron chi connectivity index (χ2n) is 8.12. The molecular formula is C23H41FO2Si2. The Hall–Kier alpha value is -1.08. The van der Waals surface area contributed by atoms with E-state index in [2.05, 4.69) is 60.6 Å². The van der Waals surface area contributed by atoms with E-state index in [1.807, 2.05) is 13.8 Å². The lowest BCUT2D eigenvalue weighted by atomic mass is 10.1. The van der Waals surface area contributed by atoms with Crippen LogP contribution in [0.2, 0.25) is 36.3 Å². The van der Waals surface area contributed by atoms with Crippen LogP contribution in [0.1, 0.15) is 58.2 Å². The van der Waals surface area contributed by atoms with E-state index in [-0.39, 0.29) is 11.4 Å². The standard InChI is InChI=1S/C23H41FO2Si2/c1-10-27(11-2,12-3)22(24)23(26-28(13-4,14-5)15-6)25-21-19(8)16-18(7)17-20(21)9/h16-17H,10-15H2,1-9H3. The molecule has 0 saturated carbocycles. The van der Waals surface area contributed by atoms with Crippen molar-refractivity contribution >= 4 is 16.4 Å². The van der Waals surface area contributed by atoms with E-state index < -0.39 is 16.4 Å². The van der Waals surface area contributed by atoms with Crippen molar-refractivity contribution < 1.29 is 13.6 Å². The van der Waals surface area contributed by atoms with Gasteiger partial charge in [-0.15, -0.1) is 0 Å². The summed E-state index contributed by atoms with van der Waals surface area (Å²) in [5, 5.41) is 0. The van der Waals surface area contributed by atoms with Crippen molar-refractivity contribution in [3.05, 3.63) is 40.2 Å². The van der Waals surface area contributed by atoms with Crippen molar-refractivity contribution in [3.63, 3.8) is 0 Å². The van der Waals surface area contributed by atoms with E-state index in [1.54, 1.807) is 0 Å². The van der Waals surface area contributed by atoms with Gasteiger partial charge in [0.05, 0.1) is 0 Å². The van der Waals surface area contributed by atoms with Gasteiger partial charge in [0.15, 0.2) is 5.45 Å². The van der Waals surface area contributed by atoms with Crippen LogP contribution in [0.4, 0.5) is 4.39 Å². The minimum Gasteiger partial charge on any atom is -0.517 e. The minimum absolute atomic E-state index is 0.0772. The molecule has 0 heterocycles. The van der Waals surface area contributed by atoms with Gasteiger partial charge in [0.1, 0.15) is 13.8 Å². The van der Waals surface area contributed by atoms with E-state index >= 15 is 4.39 Å². The fourth-order valence-corrected chi connectivity index (χ4v) is 9.65. The highest BCUT2D eigenvalue weighted by Gasteiger charge is 2.40. The van der Waals surface area contributed by atoms with Gasteiger partial charge < -0.3 is 9.16 Å². The molecule has 2 nitrogen and oxygen atoms in total. The fourth-order valence-electron chi connectivity index (χ4n) is 4.13. The second kappa shape index (κ2) is 10.6. The van der Waals surface area contributed by atoms with Gasteiger partial charge >= 0.3 is 0 Å². The summed E-state index contributed by atoms with van der Waals surface area (Å²) in [7, 11) is -4.30. The number of ether oxygens (including phenoxy) is 1. The van der Waals surface area contributed by atoms with Crippen LogP contribution in [-0.2, 0) is 4.43 Å². The molecule has 1 aromatic carbocycles. The molecule has 160 valence electrons. The molecule has 1 rings (SSSR count). The molecular weight excluding hydrogens is 383 g/mol. The highest BCUT2D eigenvalue weighted by atomic mass is 28.4. The number of rotatable bonds is 11. The SMILES string of the molecule is CC[Si](CC)(CC)OC(Oc1c(C)cc(C)cc1C)=C(F)[Si](CC)(CC)CC. The number of aryl methyl sites for hydroxylation is 3. The molecule has 1 aromatic rings. The fraction of sp³-hybridized carbons (Fsp3) is 0.652. The summed E-state index contributed by atoms with van der Waals surface area (Å²) in [6.07, 6.45) is 0. The van der Waals surface area contributed by atoms with Crippen LogP contribution in [0.25, 0.3) is 0 Å². The molecule has 0 aromatic heterocycles. The Balaban J connectivity index is 3.59. The molecule has 0 fully saturated rings. The van der Waals surface area contributed by atoms with Crippen LogP contribution in [0.15, 0.2) is 23.5 Å². The van der Waals surface area contributed by atoms with Crippen LogP contribution in [0.3, 0.4) is 0 Å². The van der Waals surface area contributed by atoms with Crippen LogP contribution in [0.5, 0.6) is 5.75 Å². The van der Waals surface area contributed by atoms with Gasteiger partial charge in [-0.25, -0.2) is 4.39 Å². The normalized spacial score (nSPS) is 13.4. The Morgan fingerprint density at radius 1 is 0.786 bits per heavy atom. The van der Waals surface area contributed by atoms with Gasteiger partial charge in [-0.1, -0.05) is 77.4 Å². The molecule has 0 aliphatic rings. The average molecular weight is 425 g/mol. The highest BCUT2D eigenvalue weighted by Crippen LogP contribution is 2.37. The molecule has 0 N–H and O–H groups in total. The first-order valence-electron chi connectivity index (χ1n) is 11.0. The molecule has 0 unspecified atom stereocenters. The summed E-state index contributed by atoms with van der Waals surface area (Å²) in [5.41, 5.74) is 3.17. The molecule has 0 aliphatic carbocycles. The first kappa shape index (κ1) is 25.0. The number of hydrogen-bond donors (Lipinski definition) is 0. The lowest BCUT2D eigenvalue weighted by Crippen LogP contribution is -2.40. The van der Waals surface area contributed by atoms with Crippen molar-refractivity contribution in [2.45, 2.75) is 98.6 Å². The van der Waals surface area contributed by atoms with Gasteiger partial charge in [-0.05, 0) is 50.0 Å². The van der Waals surface area contributed by atoms with Gasteiger partial charge in [-0.2, -0.15) is 0 Å². The maximum atomic E-state index is 16.1. The zero-order valence-corrected chi connectivity index (χ0v) is 21.6. The van der Waals surface area contributed by atoms with Crippen LogP contribution < -0.4 is 4.74 Å². The lowest BCUT2D eigenvalue weighted by Gasteiger charge is -2.33. The summed E-state index contributed by atoms with van der Waals surface area (Å²) >= 11 is 0. The van der Waals surface area contributed by atoms with Crippen molar-refractivity contribution in [2.24, 2.45) is 0 Å². The number of hydrogen-bond acceptors (Lipinski definition) is 2. The Bertz CT molecular complexity index is 638. The van der Waals surface area contributed by atoms with E-state index in [1.165, 1.54) is 5.56 Å². The number of halogens is 1. The van der Waals surface area contributed by atoms with E-state index in [4.69, 9.17) is 9.16 Å². The zero-order valence-electron chi connectivity index (χ0n) is 19.6. The maximum Gasteiger partial charge on any atom is 0.298 e. The third kappa shape index (κ3) is 5.29. The Morgan fingerprint density at radius 2 is 1.21 bits per heavy atom. The maximum absolute atomic E-state index is 16.1. The Labute approximate surface area is 174 Å². The Morgan fingerprint density at radius 3 is 1.57 bits per heavy atom. The Kier molecular flexibility index (Phi) is 9.48. The zero-order chi connectivity index (χ0) is 21.5. The molecule has 0 bridgehead atoms. The van der Waals surface area contributed by atoms with Crippen molar-refractivity contribution in [1.82, 2.24) is 0 Å². The molecule has 0 aliphatic heterocycles. The first-order valence-corrected chi connectivity index (χ1v) is 16.2. The second-order valence-corrected chi connectivity index (χ2v) is 17.9. The van der Waals surface area contributed by atoms with Crippen molar-refractivity contribution in [1.29, 1.82) is 0 Å². The van der Waals surface area contributed by atoms with Crippen LogP contribution in [0, 0.1) is 20.8 Å². The molecule has 0 radical (unpaired) electrons. The van der Waals surface area contributed by atoms with Gasteiger partial charge in [0.25, 0.3) is 14.3 Å². The first-order chi connectivity index (χ1) is 13.2. The molecule has 5 heteroatoms. The van der Waals surface area contributed by atoms with Crippen molar-refractivity contribution in [3.8, 4) is 5.75 Å². The molecule has 0 atom stereocenters. The van der Waals surface area contributed by atoms with Gasteiger partial charge in [0, 0.05) is 0 Å². The summed E-state index contributed by atoms with van der Waals surface area (Å²) < 4.78 is 28.9. The van der Waals surface area contributed by atoms with Crippen LogP contribution in [-0.4, -0.2) is 16.4 Å². The third-order valence-electron chi connectivity index (χ3n) is 6.72. The summed E-state index contributed by atoms with van der Waals surface area (Å²) in [5.74, 6) is 0.928. The van der Waals surface area contributed by atoms with E-state index in [0.29, 0.717) is 0 Å². The van der Waals surface area contributed by atoms with Crippen molar-refractivity contribution in [2.75, 3.05) is 0 Å².